The first-order valence-electron chi connectivity index (χ1n) is 10.0. The number of carbonyl (C=O) groups excluding carboxylic acids is 3. The number of piperidine rings is 1. The average Bonchev–Trinajstić information content (AvgIpc) is 3.22. The zero-order chi connectivity index (χ0) is 22.1. The van der Waals surface area contributed by atoms with Crippen molar-refractivity contribution in [3.8, 4) is 0 Å². The van der Waals surface area contributed by atoms with E-state index in [1.54, 1.807) is 28.4 Å². The lowest BCUT2D eigenvalue weighted by Gasteiger charge is -2.40. The fourth-order valence-corrected chi connectivity index (χ4v) is 5.99. The molecule has 7 nitrogen and oxygen atoms in total. The van der Waals surface area contributed by atoms with Gasteiger partial charge >= 0.3 is 6.03 Å². The third-order valence-corrected chi connectivity index (χ3v) is 8.00. The summed E-state index contributed by atoms with van der Waals surface area (Å²) in [4.78, 5) is 42.4. The molecule has 4 rings (SSSR count). The summed E-state index contributed by atoms with van der Waals surface area (Å²) in [7, 11) is 0. The molecular formula is C21H22Br2N4O3S. The highest BCUT2D eigenvalue weighted by Gasteiger charge is 2.33. The first-order chi connectivity index (χ1) is 14.8. The molecule has 0 radical (unpaired) electrons. The number of nitrogens with one attached hydrogen (secondary N) is 1. The van der Waals surface area contributed by atoms with Gasteiger partial charge in [0.1, 0.15) is 0 Å². The number of nitrogens with zero attached hydrogens (tertiary/aromatic N) is 2. The zero-order valence-corrected chi connectivity index (χ0v) is 20.7. The Morgan fingerprint density at radius 3 is 2.52 bits per heavy atom. The van der Waals surface area contributed by atoms with Gasteiger partial charge < -0.3 is 20.9 Å². The van der Waals surface area contributed by atoms with E-state index in [1.807, 2.05) is 16.3 Å². The fraction of sp³-hybridized carbons (Fsp3) is 0.381. The minimum absolute atomic E-state index is 0.0241. The summed E-state index contributed by atoms with van der Waals surface area (Å²) in [5.74, 6) is -0.120. The number of benzene rings is 1. The minimum atomic E-state index is -0.0959. The van der Waals surface area contributed by atoms with E-state index in [0.29, 0.717) is 39.8 Å². The molecule has 3 heterocycles. The number of fused-ring (bicyclic) bond motifs is 1. The van der Waals surface area contributed by atoms with Crippen LogP contribution < -0.4 is 11.1 Å². The average molecular weight is 570 g/mol. The molecule has 2 aliphatic rings. The molecule has 0 atom stereocenters. The van der Waals surface area contributed by atoms with Crippen LogP contribution in [0.25, 0.3) is 0 Å². The number of Topliss-reactive ketones (excluding diaryl/α,β-unsaturated/α-hetero) is 1. The Hall–Kier alpha value is -1.91. The Balaban J connectivity index is 1.28. The SMILES string of the molecule is Nc1c(Br)cc(C(=O)CCC(=O)N2CCC(N3Cc4sccc4NC3=O)CC2)cc1Br. The van der Waals surface area contributed by atoms with Crippen molar-refractivity contribution in [2.24, 2.45) is 0 Å². The molecule has 164 valence electrons. The lowest BCUT2D eigenvalue weighted by atomic mass is 10.0. The number of anilines is 2. The number of hydrogen-bond donors (Lipinski definition) is 2. The van der Waals surface area contributed by atoms with Gasteiger partial charge in [-0.1, -0.05) is 0 Å². The first-order valence-corrected chi connectivity index (χ1v) is 12.5. The van der Waals surface area contributed by atoms with Gasteiger partial charge in [0.25, 0.3) is 0 Å². The molecule has 10 heteroatoms. The normalized spacial score (nSPS) is 16.8. The monoisotopic (exact) mass is 568 g/mol. The van der Waals surface area contributed by atoms with Gasteiger partial charge in [0.2, 0.25) is 5.91 Å². The Morgan fingerprint density at radius 2 is 1.84 bits per heavy atom. The summed E-state index contributed by atoms with van der Waals surface area (Å²) >= 11 is 8.33. The van der Waals surface area contributed by atoms with E-state index in [0.717, 1.165) is 23.4 Å². The predicted octanol–water partition coefficient (Wildman–Crippen LogP) is 4.86. The minimum Gasteiger partial charge on any atom is -0.397 e. The molecule has 0 unspecified atom stereocenters. The Kier molecular flexibility index (Phi) is 6.68. The molecule has 3 N–H and O–H groups in total. The second-order valence-corrected chi connectivity index (χ2v) is 10.4. The van der Waals surface area contributed by atoms with E-state index in [9.17, 15) is 14.4 Å². The van der Waals surface area contributed by atoms with Crippen LogP contribution in [0.15, 0.2) is 32.5 Å². The molecule has 1 aromatic carbocycles. The van der Waals surface area contributed by atoms with Gasteiger partial charge in [0.05, 0.1) is 17.9 Å². The number of likely N-dealkylation sites (tertiary alicyclic amines) is 1. The number of ketones is 1. The Labute approximate surface area is 201 Å². The summed E-state index contributed by atoms with van der Waals surface area (Å²) in [5.41, 5.74) is 7.83. The van der Waals surface area contributed by atoms with Crippen molar-refractivity contribution >= 4 is 72.3 Å². The number of rotatable bonds is 5. The maximum absolute atomic E-state index is 12.6. The number of halogens is 2. The molecule has 1 fully saturated rings. The lowest BCUT2D eigenvalue weighted by Crippen LogP contribution is -2.50. The van der Waals surface area contributed by atoms with Crippen LogP contribution in [0.5, 0.6) is 0 Å². The van der Waals surface area contributed by atoms with Gasteiger partial charge in [-0.15, -0.1) is 11.3 Å². The summed E-state index contributed by atoms with van der Waals surface area (Å²) < 4.78 is 1.30. The number of thiophene rings is 1. The highest BCUT2D eigenvalue weighted by atomic mass is 79.9. The lowest BCUT2D eigenvalue weighted by molar-refractivity contribution is -0.132. The van der Waals surface area contributed by atoms with Crippen LogP contribution in [-0.2, 0) is 11.3 Å². The first kappa shape index (κ1) is 22.3. The smallest absolute Gasteiger partial charge is 0.322 e. The number of nitrogen functional groups attached to an aromatic ring is 1. The van der Waals surface area contributed by atoms with Gasteiger partial charge in [0.15, 0.2) is 5.78 Å². The largest absolute Gasteiger partial charge is 0.397 e. The second-order valence-electron chi connectivity index (χ2n) is 7.70. The maximum Gasteiger partial charge on any atom is 0.322 e. The van der Waals surface area contributed by atoms with E-state index < -0.39 is 0 Å². The zero-order valence-electron chi connectivity index (χ0n) is 16.7. The van der Waals surface area contributed by atoms with Crippen molar-refractivity contribution in [3.63, 3.8) is 0 Å². The molecule has 0 spiro atoms. The fourth-order valence-electron chi connectivity index (χ4n) is 3.98. The number of urea groups is 1. The van der Waals surface area contributed by atoms with Gasteiger partial charge in [-0.3, -0.25) is 9.59 Å². The van der Waals surface area contributed by atoms with Gasteiger partial charge in [0, 0.05) is 51.4 Å². The van der Waals surface area contributed by atoms with Crippen molar-refractivity contribution in [2.45, 2.75) is 38.3 Å². The van der Waals surface area contributed by atoms with E-state index in [1.165, 1.54) is 0 Å². The van der Waals surface area contributed by atoms with Gasteiger partial charge in [-0.05, 0) is 68.3 Å². The molecule has 1 aromatic heterocycles. The quantitative estimate of drug-likeness (QED) is 0.397. The molecule has 3 amide bonds. The maximum atomic E-state index is 12.6. The molecular weight excluding hydrogens is 548 g/mol. The number of amides is 3. The number of hydrogen-bond acceptors (Lipinski definition) is 5. The molecule has 2 aliphatic heterocycles. The van der Waals surface area contributed by atoms with Crippen LogP contribution in [0.4, 0.5) is 16.2 Å². The second kappa shape index (κ2) is 9.30. The van der Waals surface area contributed by atoms with Crippen molar-refractivity contribution < 1.29 is 14.4 Å². The van der Waals surface area contributed by atoms with E-state index in [-0.39, 0.29) is 36.6 Å². The summed E-state index contributed by atoms with van der Waals surface area (Å²) in [6.45, 7) is 1.81. The predicted molar refractivity (Wildman–Crippen MR) is 128 cm³/mol. The van der Waals surface area contributed by atoms with Crippen LogP contribution in [0, 0.1) is 0 Å². The van der Waals surface area contributed by atoms with Crippen LogP contribution >= 0.6 is 43.2 Å². The van der Waals surface area contributed by atoms with Crippen LogP contribution in [-0.4, -0.2) is 46.7 Å². The van der Waals surface area contributed by atoms with Crippen LogP contribution in [0.1, 0.15) is 40.9 Å². The van der Waals surface area contributed by atoms with E-state index >= 15 is 0 Å². The van der Waals surface area contributed by atoms with Gasteiger partial charge in [-0.25, -0.2) is 4.79 Å². The summed E-state index contributed by atoms with van der Waals surface area (Å²) in [5, 5.41) is 4.93. The van der Waals surface area contributed by atoms with E-state index in [4.69, 9.17) is 5.73 Å². The van der Waals surface area contributed by atoms with Crippen molar-refractivity contribution in [1.29, 1.82) is 0 Å². The standard InChI is InChI=1S/C21H22Br2N4O3S/c22-14-9-12(10-15(23)20(14)24)17(28)1-2-19(29)26-6-3-13(4-7-26)27-11-18-16(5-8-31-18)25-21(27)30/h5,8-10,13H,1-4,6-7,11,24H2,(H,25,30). The van der Waals surface area contributed by atoms with Crippen molar-refractivity contribution in [1.82, 2.24) is 9.80 Å². The molecule has 0 bridgehead atoms. The Morgan fingerprint density at radius 1 is 1.16 bits per heavy atom. The van der Waals surface area contributed by atoms with Crippen LogP contribution in [0.2, 0.25) is 0 Å². The molecule has 1 saturated heterocycles. The molecule has 31 heavy (non-hydrogen) atoms. The summed E-state index contributed by atoms with van der Waals surface area (Å²) in [6, 6.07) is 5.34. The number of nitrogens with two attached hydrogens (primary N) is 1. The van der Waals surface area contributed by atoms with Gasteiger partial charge in [-0.2, -0.15) is 0 Å². The third-order valence-electron chi connectivity index (χ3n) is 5.79. The number of carbonyl (C=O) groups is 3. The highest BCUT2D eigenvalue weighted by Crippen LogP contribution is 2.32. The third kappa shape index (κ3) is 4.80. The van der Waals surface area contributed by atoms with E-state index in [2.05, 4.69) is 37.2 Å². The topological polar surface area (TPSA) is 95.7 Å². The summed E-state index contributed by atoms with van der Waals surface area (Å²) in [6.07, 6.45) is 1.81. The molecule has 0 aliphatic carbocycles. The Bertz CT molecular complexity index is 1010. The molecule has 0 saturated carbocycles. The highest BCUT2D eigenvalue weighted by molar-refractivity contribution is 9.11. The van der Waals surface area contributed by atoms with Crippen LogP contribution in [0.3, 0.4) is 0 Å². The van der Waals surface area contributed by atoms with Crippen molar-refractivity contribution in [2.75, 3.05) is 24.1 Å². The molecule has 2 aromatic rings. The van der Waals surface area contributed by atoms with Crippen molar-refractivity contribution in [3.05, 3.63) is 43.0 Å².